The Bertz CT molecular complexity index is 697. The van der Waals surface area contributed by atoms with E-state index in [2.05, 4.69) is 46.1 Å². The topological polar surface area (TPSA) is 28.7 Å². The van der Waals surface area contributed by atoms with E-state index in [1.165, 1.54) is 16.6 Å². The predicted molar refractivity (Wildman–Crippen MR) is 77.7 cm³/mol. The molecule has 0 atom stereocenters. The van der Waals surface area contributed by atoms with Crippen molar-refractivity contribution in [1.82, 2.24) is 9.97 Å². The summed E-state index contributed by atoms with van der Waals surface area (Å²) in [6.45, 7) is 0. The molecular weight excluding hydrogens is 232 g/mol. The first-order valence-corrected chi connectivity index (χ1v) is 6.38. The summed E-state index contributed by atoms with van der Waals surface area (Å²) in [5, 5.41) is 1.26. The van der Waals surface area contributed by atoms with Crippen LogP contribution in [0.1, 0.15) is 17.8 Å². The van der Waals surface area contributed by atoms with Crippen LogP contribution in [-0.2, 0) is 6.42 Å². The lowest BCUT2D eigenvalue weighted by Gasteiger charge is -1.90. The van der Waals surface area contributed by atoms with Gasteiger partial charge in [-0.25, -0.2) is 4.98 Å². The van der Waals surface area contributed by atoms with Crippen LogP contribution in [0.3, 0.4) is 0 Å². The fourth-order valence-electron chi connectivity index (χ4n) is 2.06. The molecule has 0 saturated heterocycles. The zero-order valence-corrected chi connectivity index (χ0v) is 10.6. The zero-order chi connectivity index (χ0) is 12.9. The molecule has 0 spiro atoms. The van der Waals surface area contributed by atoms with Crippen LogP contribution in [0.2, 0.25) is 0 Å². The number of aryl methyl sites for hydroxylation is 1. The summed E-state index contributed by atoms with van der Waals surface area (Å²) in [5.74, 6) is 6.24. The number of hydrogen-bond donors (Lipinski definition) is 1. The molecule has 3 rings (SSSR count). The minimum absolute atomic E-state index is 0.833. The van der Waals surface area contributed by atoms with Crippen LogP contribution in [0, 0.1) is 11.8 Å². The van der Waals surface area contributed by atoms with Gasteiger partial charge >= 0.3 is 0 Å². The summed E-state index contributed by atoms with van der Waals surface area (Å²) in [6.07, 6.45) is 3.54. The van der Waals surface area contributed by atoms with Gasteiger partial charge in [0.05, 0.1) is 0 Å². The van der Waals surface area contributed by atoms with Gasteiger partial charge in [-0.05, 0) is 42.0 Å². The van der Waals surface area contributed by atoms with E-state index in [4.69, 9.17) is 0 Å². The number of benzene rings is 1. The van der Waals surface area contributed by atoms with Crippen molar-refractivity contribution in [2.75, 3.05) is 0 Å². The maximum Gasteiger partial charge on any atom is 0.113 e. The van der Waals surface area contributed by atoms with Crippen molar-refractivity contribution in [1.29, 1.82) is 0 Å². The number of fused-ring (bicyclic) bond motifs is 1. The standard InChI is InChI=1S/C17H14N2/c1-4-11-17-14(7-1)13-16(19-17)10-3-2-8-15-9-5-6-12-18-15/h1,4-7,9,11-13,19H,3,10H2. The number of aromatic nitrogens is 2. The Kier molecular flexibility index (Phi) is 3.29. The molecule has 2 nitrogen and oxygen atoms in total. The zero-order valence-electron chi connectivity index (χ0n) is 10.6. The first-order chi connectivity index (χ1) is 9.42. The Morgan fingerprint density at radius 1 is 1.05 bits per heavy atom. The molecule has 0 radical (unpaired) electrons. The molecule has 0 saturated carbocycles. The van der Waals surface area contributed by atoms with Crippen molar-refractivity contribution in [3.63, 3.8) is 0 Å². The SMILES string of the molecule is C(#Cc1ccccn1)CCc1cc2ccccc2[nH]1. The Morgan fingerprint density at radius 3 is 2.79 bits per heavy atom. The number of H-pyrrole nitrogens is 1. The van der Waals surface area contributed by atoms with Gasteiger partial charge in [0, 0.05) is 23.8 Å². The fraction of sp³-hybridized carbons (Fsp3) is 0.118. The lowest BCUT2D eigenvalue weighted by Crippen LogP contribution is -1.83. The van der Waals surface area contributed by atoms with Crippen molar-refractivity contribution in [2.24, 2.45) is 0 Å². The number of para-hydroxylation sites is 1. The number of nitrogens with zero attached hydrogens (tertiary/aromatic N) is 1. The molecule has 0 unspecified atom stereocenters. The van der Waals surface area contributed by atoms with E-state index in [1.54, 1.807) is 6.20 Å². The normalized spacial score (nSPS) is 10.1. The van der Waals surface area contributed by atoms with Gasteiger partial charge in [-0.1, -0.05) is 30.2 Å². The van der Waals surface area contributed by atoms with Gasteiger partial charge in [0.2, 0.25) is 0 Å². The highest BCUT2D eigenvalue weighted by atomic mass is 14.7. The number of hydrogen-bond acceptors (Lipinski definition) is 1. The van der Waals surface area contributed by atoms with Crippen LogP contribution >= 0.6 is 0 Å². The van der Waals surface area contributed by atoms with Gasteiger partial charge < -0.3 is 4.98 Å². The smallest absolute Gasteiger partial charge is 0.113 e. The molecule has 0 aliphatic rings. The maximum atomic E-state index is 4.18. The summed E-state index contributed by atoms with van der Waals surface area (Å²) in [5.41, 5.74) is 3.26. The Balaban J connectivity index is 1.65. The highest BCUT2D eigenvalue weighted by Crippen LogP contribution is 2.15. The minimum Gasteiger partial charge on any atom is -0.358 e. The van der Waals surface area contributed by atoms with Crippen LogP contribution in [0.25, 0.3) is 10.9 Å². The lowest BCUT2D eigenvalue weighted by molar-refractivity contribution is 0.986. The number of aromatic amines is 1. The Morgan fingerprint density at radius 2 is 1.95 bits per heavy atom. The number of nitrogens with one attached hydrogen (secondary N) is 1. The summed E-state index contributed by atoms with van der Waals surface area (Å²) in [7, 11) is 0. The van der Waals surface area contributed by atoms with Crippen LogP contribution in [-0.4, -0.2) is 9.97 Å². The third-order valence-corrected chi connectivity index (χ3v) is 2.99. The van der Waals surface area contributed by atoms with Gasteiger partial charge in [-0.15, -0.1) is 0 Å². The molecule has 2 heteroatoms. The highest BCUT2D eigenvalue weighted by Gasteiger charge is 1.98. The van der Waals surface area contributed by atoms with E-state index in [0.717, 1.165) is 18.5 Å². The van der Waals surface area contributed by atoms with E-state index in [1.807, 2.05) is 24.3 Å². The second-order valence-electron chi connectivity index (χ2n) is 4.40. The van der Waals surface area contributed by atoms with E-state index in [9.17, 15) is 0 Å². The van der Waals surface area contributed by atoms with E-state index < -0.39 is 0 Å². The third kappa shape index (κ3) is 2.83. The van der Waals surface area contributed by atoms with Crippen molar-refractivity contribution < 1.29 is 0 Å². The molecule has 1 aromatic carbocycles. The second-order valence-corrected chi connectivity index (χ2v) is 4.40. The van der Waals surface area contributed by atoms with Crippen LogP contribution < -0.4 is 0 Å². The monoisotopic (exact) mass is 246 g/mol. The molecule has 0 aliphatic heterocycles. The second kappa shape index (κ2) is 5.41. The molecule has 1 N–H and O–H groups in total. The third-order valence-electron chi connectivity index (χ3n) is 2.99. The van der Waals surface area contributed by atoms with Crippen LogP contribution in [0.15, 0.2) is 54.7 Å². The molecule has 2 heterocycles. The molecule has 0 aliphatic carbocycles. The fourth-order valence-corrected chi connectivity index (χ4v) is 2.06. The summed E-state index contributed by atoms with van der Waals surface area (Å²) < 4.78 is 0. The molecule has 19 heavy (non-hydrogen) atoms. The Hall–Kier alpha value is -2.53. The van der Waals surface area contributed by atoms with Crippen molar-refractivity contribution in [3.05, 3.63) is 66.1 Å². The van der Waals surface area contributed by atoms with Gasteiger partial charge in [-0.3, -0.25) is 0 Å². The van der Waals surface area contributed by atoms with Crippen LogP contribution in [0.5, 0.6) is 0 Å². The first-order valence-electron chi connectivity index (χ1n) is 6.38. The van der Waals surface area contributed by atoms with E-state index in [-0.39, 0.29) is 0 Å². The molecule has 0 bridgehead atoms. The van der Waals surface area contributed by atoms with Crippen molar-refractivity contribution in [2.45, 2.75) is 12.8 Å². The Labute approximate surface area is 112 Å². The van der Waals surface area contributed by atoms with Crippen LogP contribution in [0.4, 0.5) is 0 Å². The quantitative estimate of drug-likeness (QED) is 0.688. The molecule has 0 fully saturated rings. The molecule has 92 valence electrons. The van der Waals surface area contributed by atoms with E-state index in [0.29, 0.717) is 0 Å². The van der Waals surface area contributed by atoms with Crippen molar-refractivity contribution in [3.8, 4) is 11.8 Å². The molecule has 0 amide bonds. The highest BCUT2D eigenvalue weighted by molar-refractivity contribution is 5.80. The predicted octanol–water partition coefficient (Wildman–Crippen LogP) is 3.55. The maximum absolute atomic E-state index is 4.18. The average molecular weight is 246 g/mol. The van der Waals surface area contributed by atoms with Gasteiger partial charge in [-0.2, -0.15) is 0 Å². The van der Waals surface area contributed by atoms with Gasteiger partial charge in [0.25, 0.3) is 0 Å². The number of pyridine rings is 1. The average Bonchev–Trinajstić information content (AvgIpc) is 2.87. The van der Waals surface area contributed by atoms with E-state index >= 15 is 0 Å². The summed E-state index contributed by atoms with van der Waals surface area (Å²) in [4.78, 5) is 7.59. The number of rotatable bonds is 2. The lowest BCUT2D eigenvalue weighted by atomic mass is 10.2. The largest absolute Gasteiger partial charge is 0.358 e. The minimum atomic E-state index is 0.833. The molecule has 3 aromatic rings. The summed E-state index contributed by atoms with van der Waals surface area (Å²) >= 11 is 0. The van der Waals surface area contributed by atoms with Crippen molar-refractivity contribution >= 4 is 10.9 Å². The van der Waals surface area contributed by atoms with Gasteiger partial charge in [0.15, 0.2) is 0 Å². The first kappa shape index (κ1) is 11.6. The van der Waals surface area contributed by atoms with Gasteiger partial charge in [0.1, 0.15) is 5.69 Å². The molecule has 2 aromatic heterocycles. The summed E-state index contributed by atoms with van der Waals surface area (Å²) in [6, 6.07) is 16.3. The molecular formula is C17H14N2.